The third-order valence-corrected chi connectivity index (χ3v) is 4.59. The molecule has 0 unspecified atom stereocenters. The quantitative estimate of drug-likeness (QED) is 0.432. The minimum atomic E-state index is -2.63. The topological polar surface area (TPSA) is 128 Å². The molecule has 0 aliphatic rings. The first-order valence-electron chi connectivity index (χ1n) is 3.40. The van der Waals surface area contributed by atoms with Gasteiger partial charge in [0.1, 0.15) is 0 Å². The van der Waals surface area contributed by atoms with Crippen LogP contribution >= 0.6 is 14.0 Å². The second-order valence-electron chi connectivity index (χ2n) is 2.41. The molecule has 0 saturated heterocycles. The third kappa shape index (κ3) is 7.34. The van der Waals surface area contributed by atoms with Crippen LogP contribution < -0.4 is 27.1 Å². The van der Waals surface area contributed by atoms with Gasteiger partial charge in [-0.3, -0.25) is 27.1 Å². The maximum Gasteiger partial charge on any atom is 0.180 e. The molecule has 0 aliphatic heterocycles. The van der Waals surface area contributed by atoms with Gasteiger partial charge in [0.05, 0.1) is 0 Å². The SMILES string of the molecule is CCCNP(N)(N)=NP(N)(N)=S. The summed E-state index contributed by atoms with van der Waals surface area (Å²) in [5.74, 6) is 0. The molecule has 0 fully saturated rings. The molecule has 0 bridgehead atoms. The Morgan fingerprint density at radius 3 is 2.17 bits per heavy atom. The number of nitrogens with one attached hydrogen (secondary N) is 1. The van der Waals surface area contributed by atoms with Crippen LogP contribution in [0.3, 0.4) is 0 Å². The Morgan fingerprint density at radius 1 is 1.33 bits per heavy atom. The molecule has 0 aliphatic carbocycles. The van der Waals surface area contributed by atoms with Crippen molar-refractivity contribution in [2.24, 2.45) is 26.5 Å². The van der Waals surface area contributed by atoms with Crippen LogP contribution in [0.1, 0.15) is 13.3 Å². The third-order valence-electron chi connectivity index (χ3n) is 0.903. The molecule has 9 heteroatoms. The summed E-state index contributed by atoms with van der Waals surface area (Å²) in [4.78, 5) is 0. The zero-order valence-electron chi connectivity index (χ0n) is 6.97. The van der Waals surface area contributed by atoms with Gasteiger partial charge in [-0.25, -0.2) is 0 Å². The fraction of sp³-hybridized carbons (Fsp3) is 1.00. The summed E-state index contributed by atoms with van der Waals surface area (Å²) in [5, 5.41) is 2.87. The van der Waals surface area contributed by atoms with Crippen LogP contribution in [0.2, 0.25) is 0 Å². The predicted octanol–water partition coefficient (Wildman–Crippen LogP) is -0.00850. The van der Waals surface area contributed by atoms with E-state index in [-0.39, 0.29) is 0 Å². The van der Waals surface area contributed by atoms with Crippen LogP contribution in [-0.4, -0.2) is 6.54 Å². The Kier molecular flexibility index (Phi) is 5.06. The summed E-state index contributed by atoms with van der Waals surface area (Å²) in [6.07, 6.45) is 0.920. The molecular formula is C3H16N6P2S. The van der Waals surface area contributed by atoms with Gasteiger partial charge in [0, 0.05) is 6.54 Å². The van der Waals surface area contributed by atoms with E-state index >= 15 is 0 Å². The minimum Gasteiger partial charge on any atom is -0.274 e. The van der Waals surface area contributed by atoms with Crippen molar-refractivity contribution in [1.29, 1.82) is 0 Å². The fourth-order valence-electron chi connectivity index (χ4n) is 0.554. The highest BCUT2D eigenvalue weighted by molar-refractivity contribution is 8.12. The van der Waals surface area contributed by atoms with Crippen molar-refractivity contribution in [3.05, 3.63) is 0 Å². The highest BCUT2D eigenvalue weighted by Gasteiger charge is 2.09. The van der Waals surface area contributed by atoms with Gasteiger partial charge in [-0.05, 0) is 18.2 Å². The van der Waals surface area contributed by atoms with Crippen LogP contribution in [-0.2, 0) is 11.8 Å². The summed E-state index contributed by atoms with van der Waals surface area (Å²) >= 11 is 4.71. The van der Waals surface area contributed by atoms with Gasteiger partial charge in [0.25, 0.3) is 0 Å². The molecule has 0 aromatic heterocycles. The van der Waals surface area contributed by atoms with Gasteiger partial charge >= 0.3 is 0 Å². The summed E-state index contributed by atoms with van der Waals surface area (Å²) in [5.41, 5.74) is 21.9. The fourth-order valence-corrected chi connectivity index (χ4v) is 4.33. The Balaban J connectivity index is 4.38. The molecule has 0 radical (unpaired) electrons. The number of nitrogens with two attached hydrogens (primary N) is 4. The van der Waals surface area contributed by atoms with Crippen molar-refractivity contribution >= 4 is 25.8 Å². The van der Waals surface area contributed by atoms with Crippen LogP contribution in [0.4, 0.5) is 0 Å². The van der Waals surface area contributed by atoms with E-state index in [4.69, 9.17) is 33.8 Å². The molecule has 74 valence electrons. The Bertz CT molecular complexity index is 227. The Hall–Kier alpha value is 0.680. The van der Waals surface area contributed by atoms with Gasteiger partial charge in [-0.15, -0.1) is 0 Å². The van der Waals surface area contributed by atoms with Crippen LogP contribution in [0, 0.1) is 0 Å². The average Bonchev–Trinajstić information content (AvgIpc) is 1.78. The molecule has 0 spiro atoms. The number of rotatable bonds is 4. The van der Waals surface area contributed by atoms with Crippen molar-refractivity contribution in [2.75, 3.05) is 6.54 Å². The zero-order valence-corrected chi connectivity index (χ0v) is 9.58. The van der Waals surface area contributed by atoms with Crippen LogP contribution in [0.5, 0.6) is 0 Å². The van der Waals surface area contributed by atoms with Gasteiger partial charge in [0.2, 0.25) is 0 Å². The first-order valence-corrected chi connectivity index (χ1v) is 8.17. The number of nitrogens with zero attached hydrogens (tertiary/aromatic N) is 1. The molecule has 0 saturated carbocycles. The normalized spacial score (nSPS) is 13.1. The molecule has 0 rings (SSSR count). The molecule has 6 nitrogen and oxygen atoms in total. The largest absolute Gasteiger partial charge is 0.274 e. The lowest BCUT2D eigenvalue weighted by Gasteiger charge is -2.17. The number of hydrogen-bond acceptors (Lipinski definition) is 1. The lowest BCUT2D eigenvalue weighted by atomic mass is 10.5. The summed E-state index contributed by atoms with van der Waals surface area (Å²) in [7, 11) is -2.51. The second kappa shape index (κ2) is 4.79. The van der Waals surface area contributed by atoms with Gasteiger partial charge < -0.3 is 0 Å². The molecule has 0 aromatic carbocycles. The van der Waals surface area contributed by atoms with Gasteiger partial charge in [-0.1, -0.05) is 6.92 Å². The maximum atomic E-state index is 5.60. The molecule has 12 heavy (non-hydrogen) atoms. The summed E-state index contributed by atoms with van der Waals surface area (Å²) < 4.78 is 3.82. The highest BCUT2D eigenvalue weighted by Crippen LogP contribution is 2.40. The van der Waals surface area contributed by atoms with E-state index in [2.05, 4.69) is 9.60 Å². The predicted molar refractivity (Wildman–Crippen MR) is 58.7 cm³/mol. The molecule has 0 amide bonds. The monoisotopic (exact) mass is 230 g/mol. The van der Waals surface area contributed by atoms with Crippen LogP contribution in [0.15, 0.2) is 4.52 Å². The number of hydrogen-bond donors (Lipinski definition) is 5. The zero-order chi connectivity index (χ0) is 9.83. The first-order chi connectivity index (χ1) is 5.27. The van der Waals surface area contributed by atoms with E-state index in [0.29, 0.717) is 6.54 Å². The van der Waals surface area contributed by atoms with Crippen molar-refractivity contribution in [1.82, 2.24) is 5.09 Å². The van der Waals surface area contributed by atoms with Crippen molar-refractivity contribution < 1.29 is 0 Å². The van der Waals surface area contributed by atoms with Crippen molar-refractivity contribution in [3.63, 3.8) is 0 Å². The maximum absolute atomic E-state index is 5.60. The molecule has 0 heterocycles. The summed E-state index contributed by atoms with van der Waals surface area (Å²) in [6.45, 7) is 0.0559. The second-order valence-corrected chi connectivity index (χ2v) is 8.02. The molecule has 0 aromatic rings. The van der Waals surface area contributed by atoms with Gasteiger partial charge in [0.15, 0.2) is 14.0 Å². The molecule has 9 N–H and O–H groups in total. The van der Waals surface area contributed by atoms with Crippen LogP contribution in [0.25, 0.3) is 0 Å². The molecular weight excluding hydrogens is 214 g/mol. The standard InChI is InChI=1S/C3H16N6P2S/c1-2-3-8-10(4,5)9-11(6,7)12/h8H,2-5H2,1H3,(H4,6,7,12). The lowest BCUT2D eigenvalue weighted by molar-refractivity contribution is 0.860. The Labute approximate surface area is 77.8 Å². The van der Waals surface area contributed by atoms with Crippen molar-refractivity contribution in [3.8, 4) is 0 Å². The Morgan fingerprint density at radius 2 is 1.83 bits per heavy atom. The summed E-state index contributed by atoms with van der Waals surface area (Å²) in [6, 6.07) is 0. The van der Waals surface area contributed by atoms with Crippen molar-refractivity contribution in [2.45, 2.75) is 13.3 Å². The van der Waals surface area contributed by atoms with E-state index in [9.17, 15) is 0 Å². The van der Waals surface area contributed by atoms with E-state index in [1.165, 1.54) is 0 Å². The molecule has 0 atom stereocenters. The minimum absolute atomic E-state index is 0.694. The highest BCUT2D eigenvalue weighted by atomic mass is 32.4. The van der Waals surface area contributed by atoms with E-state index in [0.717, 1.165) is 6.42 Å². The van der Waals surface area contributed by atoms with Gasteiger partial charge in [-0.2, -0.15) is 4.52 Å². The first kappa shape index (κ1) is 12.7. The van der Waals surface area contributed by atoms with E-state index in [1.807, 2.05) is 6.92 Å². The van der Waals surface area contributed by atoms with E-state index in [1.54, 1.807) is 0 Å². The van der Waals surface area contributed by atoms with E-state index < -0.39 is 14.0 Å². The average molecular weight is 230 g/mol. The smallest absolute Gasteiger partial charge is 0.180 e. The lowest BCUT2D eigenvalue weighted by Crippen LogP contribution is -2.24.